The van der Waals surface area contributed by atoms with E-state index in [9.17, 15) is 0 Å². The highest BCUT2D eigenvalue weighted by Crippen LogP contribution is 2.25. The number of pyridine rings is 1. The van der Waals surface area contributed by atoms with Crippen LogP contribution in [-0.2, 0) is 13.2 Å². The summed E-state index contributed by atoms with van der Waals surface area (Å²) in [5.74, 6) is 1.44. The van der Waals surface area contributed by atoms with Crippen molar-refractivity contribution in [1.82, 2.24) is 10.3 Å². The third-order valence-corrected chi connectivity index (χ3v) is 3.25. The van der Waals surface area contributed by atoms with Crippen LogP contribution in [0.5, 0.6) is 5.88 Å². The van der Waals surface area contributed by atoms with Gasteiger partial charge >= 0.3 is 0 Å². The van der Waals surface area contributed by atoms with Crippen molar-refractivity contribution in [3.8, 4) is 5.88 Å². The van der Waals surface area contributed by atoms with Gasteiger partial charge in [0.05, 0.1) is 12.0 Å². The van der Waals surface area contributed by atoms with Crippen LogP contribution in [-0.4, -0.2) is 11.5 Å². The Kier molecular flexibility index (Phi) is 4.17. The number of ether oxygens (including phenoxy) is 1. The summed E-state index contributed by atoms with van der Waals surface area (Å²) in [6.45, 7) is 4.11. The molecule has 3 rings (SSSR count). The molecule has 0 fully saturated rings. The fourth-order valence-corrected chi connectivity index (χ4v) is 2.21. The van der Waals surface area contributed by atoms with Gasteiger partial charge in [-0.1, -0.05) is 25.1 Å². The van der Waals surface area contributed by atoms with Gasteiger partial charge < -0.3 is 14.5 Å². The SMILES string of the molecule is CCNCc1cc2ccccc2c(OCc2ccco2)n1. The first-order valence-corrected chi connectivity index (χ1v) is 7.11. The zero-order valence-electron chi connectivity index (χ0n) is 12.0. The maximum atomic E-state index is 5.85. The third-order valence-electron chi connectivity index (χ3n) is 3.25. The van der Waals surface area contributed by atoms with Gasteiger partial charge in [-0.25, -0.2) is 4.98 Å². The van der Waals surface area contributed by atoms with Crippen molar-refractivity contribution in [2.24, 2.45) is 0 Å². The first-order valence-electron chi connectivity index (χ1n) is 7.11. The average molecular weight is 282 g/mol. The van der Waals surface area contributed by atoms with Gasteiger partial charge in [0.1, 0.15) is 12.4 Å². The van der Waals surface area contributed by atoms with Crippen LogP contribution in [0.3, 0.4) is 0 Å². The molecule has 0 aliphatic carbocycles. The third kappa shape index (κ3) is 3.23. The molecule has 4 nitrogen and oxygen atoms in total. The monoisotopic (exact) mass is 282 g/mol. The van der Waals surface area contributed by atoms with Crippen molar-refractivity contribution >= 4 is 10.8 Å². The smallest absolute Gasteiger partial charge is 0.222 e. The Hall–Kier alpha value is -2.33. The fourth-order valence-electron chi connectivity index (χ4n) is 2.21. The zero-order valence-corrected chi connectivity index (χ0v) is 12.0. The molecule has 2 aromatic heterocycles. The average Bonchev–Trinajstić information content (AvgIpc) is 3.04. The molecule has 21 heavy (non-hydrogen) atoms. The molecule has 0 atom stereocenters. The maximum Gasteiger partial charge on any atom is 0.222 e. The molecular formula is C17H18N2O2. The molecule has 0 aliphatic rings. The standard InChI is InChI=1S/C17H18N2O2/c1-2-18-11-14-10-13-6-3-4-8-16(13)17(19-14)21-12-15-7-5-9-20-15/h3-10,18H,2,11-12H2,1H3. The molecule has 2 heterocycles. The molecule has 1 N–H and O–H groups in total. The lowest BCUT2D eigenvalue weighted by atomic mass is 10.1. The van der Waals surface area contributed by atoms with Gasteiger partial charge in [0, 0.05) is 11.9 Å². The largest absolute Gasteiger partial charge is 0.469 e. The van der Waals surface area contributed by atoms with Gasteiger partial charge in [0.2, 0.25) is 5.88 Å². The summed E-state index contributed by atoms with van der Waals surface area (Å²) in [5, 5.41) is 5.44. The van der Waals surface area contributed by atoms with Gasteiger partial charge in [0.25, 0.3) is 0 Å². The molecule has 0 spiro atoms. The van der Waals surface area contributed by atoms with Crippen LogP contribution < -0.4 is 10.1 Å². The summed E-state index contributed by atoms with van der Waals surface area (Å²) >= 11 is 0. The van der Waals surface area contributed by atoms with Crippen LogP contribution >= 0.6 is 0 Å². The van der Waals surface area contributed by atoms with Crippen molar-refractivity contribution in [2.45, 2.75) is 20.1 Å². The first kappa shape index (κ1) is 13.6. The predicted octanol–water partition coefficient (Wildman–Crippen LogP) is 3.52. The Bertz CT molecular complexity index is 708. The molecule has 0 saturated heterocycles. The Morgan fingerprint density at radius 3 is 2.90 bits per heavy atom. The lowest BCUT2D eigenvalue weighted by Gasteiger charge is -2.10. The quantitative estimate of drug-likeness (QED) is 0.751. The Labute approximate surface area is 123 Å². The van der Waals surface area contributed by atoms with Gasteiger partial charge in [-0.05, 0) is 36.2 Å². The van der Waals surface area contributed by atoms with Gasteiger partial charge in [0.15, 0.2) is 0 Å². The number of fused-ring (bicyclic) bond motifs is 1. The second-order valence-corrected chi connectivity index (χ2v) is 4.79. The molecule has 0 bridgehead atoms. The van der Waals surface area contributed by atoms with E-state index in [1.165, 1.54) is 0 Å². The van der Waals surface area contributed by atoms with E-state index in [4.69, 9.17) is 9.15 Å². The van der Waals surface area contributed by atoms with E-state index in [0.717, 1.165) is 35.3 Å². The highest BCUT2D eigenvalue weighted by Gasteiger charge is 2.08. The Morgan fingerprint density at radius 2 is 2.10 bits per heavy atom. The number of hydrogen-bond donors (Lipinski definition) is 1. The number of aromatic nitrogens is 1. The number of furan rings is 1. The molecule has 3 aromatic rings. The van der Waals surface area contributed by atoms with E-state index in [0.29, 0.717) is 12.5 Å². The number of benzene rings is 1. The molecular weight excluding hydrogens is 264 g/mol. The van der Waals surface area contributed by atoms with Crippen LogP contribution in [0.2, 0.25) is 0 Å². The summed E-state index contributed by atoms with van der Waals surface area (Å²) in [6.07, 6.45) is 1.64. The predicted molar refractivity (Wildman–Crippen MR) is 82.2 cm³/mol. The second-order valence-electron chi connectivity index (χ2n) is 4.79. The van der Waals surface area contributed by atoms with Crippen molar-refractivity contribution in [1.29, 1.82) is 0 Å². The van der Waals surface area contributed by atoms with Crippen LogP contribution in [0.4, 0.5) is 0 Å². The van der Waals surface area contributed by atoms with Crippen molar-refractivity contribution < 1.29 is 9.15 Å². The number of rotatable bonds is 6. The zero-order chi connectivity index (χ0) is 14.5. The Morgan fingerprint density at radius 1 is 1.19 bits per heavy atom. The van der Waals surface area contributed by atoms with Crippen molar-refractivity contribution in [3.63, 3.8) is 0 Å². The second kappa shape index (κ2) is 6.41. The molecule has 108 valence electrons. The molecule has 0 unspecified atom stereocenters. The minimum absolute atomic E-state index is 0.384. The van der Waals surface area contributed by atoms with E-state index in [-0.39, 0.29) is 0 Å². The van der Waals surface area contributed by atoms with E-state index in [1.807, 2.05) is 30.3 Å². The van der Waals surface area contributed by atoms with Crippen LogP contribution in [0.1, 0.15) is 18.4 Å². The van der Waals surface area contributed by atoms with Crippen molar-refractivity contribution in [2.75, 3.05) is 6.54 Å². The van der Waals surface area contributed by atoms with Gasteiger partial charge in [-0.2, -0.15) is 0 Å². The Balaban J connectivity index is 1.90. The van der Waals surface area contributed by atoms with Crippen LogP contribution in [0.15, 0.2) is 53.1 Å². The lowest BCUT2D eigenvalue weighted by Crippen LogP contribution is -2.13. The molecule has 0 radical (unpaired) electrons. The fraction of sp³-hybridized carbons (Fsp3) is 0.235. The highest BCUT2D eigenvalue weighted by molar-refractivity contribution is 5.87. The summed E-state index contributed by atoms with van der Waals surface area (Å²) in [5.41, 5.74) is 0.977. The number of nitrogens with one attached hydrogen (secondary N) is 1. The number of nitrogens with zero attached hydrogens (tertiary/aromatic N) is 1. The van der Waals surface area contributed by atoms with E-state index >= 15 is 0 Å². The summed E-state index contributed by atoms with van der Waals surface area (Å²) < 4.78 is 11.1. The lowest BCUT2D eigenvalue weighted by molar-refractivity contribution is 0.263. The van der Waals surface area contributed by atoms with Crippen LogP contribution in [0.25, 0.3) is 10.8 Å². The topological polar surface area (TPSA) is 47.3 Å². The van der Waals surface area contributed by atoms with Gasteiger partial charge in [-0.15, -0.1) is 0 Å². The molecule has 0 amide bonds. The first-order chi connectivity index (χ1) is 10.4. The summed E-state index contributed by atoms with van der Waals surface area (Å²) in [6, 6.07) is 14.0. The normalized spacial score (nSPS) is 10.9. The molecule has 4 heteroatoms. The summed E-state index contributed by atoms with van der Waals surface area (Å²) in [7, 11) is 0. The maximum absolute atomic E-state index is 5.85. The van der Waals surface area contributed by atoms with Crippen LogP contribution in [0, 0.1) is 0 Å². The molecule has 0 saturated carbocycles. The number of hydrogen-bond acceptors (Lipinski definition) is 4. The van der Waals surface area contributed by atoms with E-state index in [1.54, 1.807) is 6.26 Å². The summed E-state index contributed by atoms with van der Waals surface area (Å²) in [4.78, 5) is 4.61. The van der Waals surface area contributed by atoms with Gasteiger partial charge in [-0.3, -0.25) is 0 Å². The minimum atomic E-state index is 0.384. The minimum Gasteiger partial charge on any atom is -0.469 e. The van der Waals surface area contributed by atoms with E-state index < -0.39 is 0 Å². The molecule has 0 aliphatic heterocycles. The molecule has 1 aromatic carbocycles. The highest BCUT2D eigenvalue weighted by atomic mass is 16.5. The van der Waals surface area contributed by atoms with Crippen molar-refractivity contribution in [3.05, 3.63) is 60.2 Å². The van der Waals surface area contributed by atoms with E-state index in [2.05, 4.69) is 29.4 Å².